The number of phenolic OH excluding ortho intramolecular Hbond substituents is 1. The van der Waals surface area contributed by atoms with Crippen molar-refractivity contribution >= 4 is 27.5 Å². The van der Waals surface area contributed by atoms with Crippen molar-refractivity contribution in [3.8, 4) is 23.0 Å². The number of ether oxygens (including phenoxy) is 1. The van der Waals surface area contributed by atoms with E-state index in [0.29, 0.717) is 71.5 Å². The summed E-state index contributed by atoms with van der Waals surface area (Å²) >= 11 is 0. The molecule has 0 radical (unpaired) electrons. The number of nitrogens with zero attached hydrogens (tertiary/aromatic N) is 5. The number of aromatic nitrogens is 3. The lowest BCUT2D eigenvalue weighted by Crippen LogP contribution is -2.66. The van der Waals surface area contributed by atoms with Crippen molar-refractivity contribution in [2.45, 2.75) is 69.6 Å². The summed E-state index contributed by atoms with van der Waals surface area (Å²) in [7, 11) is 0. The molecule has 0 bridgehead atoms. The molecule has 46 heavy (non-hydrogen) atoms. The molecule has 4 aliphatic rings. The number of anilines is 1. The molecule has 2 aromatic carbocycles. The van der Waals surface area contributed by atoms with E-state index in [9.17, 15) is 13.9 Å². The number of aryl methyl sites for hydroxylation is 1. The lowest BCUT2D eigenvalue weighted by molar-refractivity contribution is 0.106. The van der Waals surface area contributed by atoms with Crippen LogP contribution in [0.15, 0.2) is 30.5 Å². The summed E-state index contributed by atoms with van der Waals surface area (Å²) in [5, 5.41) is 15.8. The lowest BCUT2D eigenvalue weighted by atomic mass is 9.68. The Morgan fingerprint density at radius 3 is 2.78 bits per heavy atom. The molecule has 1 saturated carbocycles. The molecule has 3 saturated heterocycles. The Balaban J connectivity index is 1.26. The first-order chi connectivity index (χ1) is 22.2. The number of aromatic hydroxyl groups is 1. The number of hydrogen-bond donors (Lipinski definition) is 2. The number of nitrogens with one attached hydrogen (secondary N) is 1. The first-order valence-electron chi connectivity index (χ1n) is 16.5. The van der Waals surface area contributed by atoms with Gasteiger partial charge in [0.2, 0.25) is 0 Å². The Hall–Kier alpha value is -3.70. The third kappa shape index (κ3) is 4.76. The molecular formula is C35H39F3N6O2. The molecule has 1 spiro atoms. The van der Waals surface area contributed by atoms with Crippen LogP contribution in [0.3, 0.4) is 0 Å². The van der Waals surface area contributed by atoms with E-state index in [2.05, 4.69) is 32.0 Å². The number of hydrogen-bond acceptors (Lipinski definition) is 8. The monoisotopic (exact) mass is 632 g/mol. The average Bonchev–Trinajstić information content (AvgIpc) is 3.55. The van der Waals surface area contributed by atoms with E-state index in [4.69, 9.17) is 9.72 Å². The van der Waals surface area contributed by atoms with Crippen LogP contribution in [-0.2, 0) is 6.42 Å². The highest BCUT2D eigenvalue weighted by atomic mass is 19.1. The van der Waals surface area contributed by atoms with Gasteiger partial charge in [-0.1, -0.05) is 19.9 Å². The second-order valence-electron chi connectivity index (χ2n) is 14.0. The van der Waals surface area contributed by atoms with E-state index in [1.807, 2.05) is 6.92 Å². The van der Waals surface area contributed by atoms with E-state index in [-0.39, 0.29) is 35.1 Å². The van der Waals surface area contributed by atoms with Gasteiger partial charge in [0.25, 0.3) is 0 Å². The van der Waals surface area contributed by atoms with Gasteiger partial charge >= 0.3 is 6.01 Å². The molecule has 242 valence electrons. The highest BCUT2D eigenvalue weighted by molar-refractivity contribution is 6.01. The number of pyridine rings is 1. The number of rotatable bonds is 6. The van der Waals surface area contributed by atoms with Gasteiger partial charge in [-0.25, -0.2) is 13.2 Å². The summed E-state index contributed by atoms with van der Waals surface area (Å²) in [4.78, 5) is 18.4. The van der Waals surface area contributed by atoms with E-state index >= 15 is 4.39 Å². The molecule has 2 aromatic heterocycles. The first kappa shape index (κ1) is 29.7. The number of piperazine rings is 1. The van der Waals surface area contributed by atoms with Gasteiger partial charge in [-0.15, -0.1) is 0 Å². The number of phenols is 1. The molecular weight excluding hydrogens is 593 g/mol. The minimum absolute atomic E-state index is 0.0215. The quantitative estimate of drug-likeness (QED) is 0.271. The highest BCUT2D eigenvalue weighted by Crippen LogP contribution is 2.44. The first-order valence-corrected chi connectivity index (χ1v) is 16.5. The Kier molecular flexibility index (Phi) is 7.06. The van der Waals surface area contributed by atoms with E-state index in [1.54, 1.807) is 18.3 Å². The smallest absolute Gasteiger partial charge is 0.319 e. The van der Waals surface area contributed by atoms with Crippen LogP contribution in [0.1, 0.15) is 51.5 Å². The van der Waals surface area contributed by atoms with Crippen LogP contribution in [0, 0.1) is 17.6 Å². The fourth-order valence-electron chi connectivity index (χ4n) is 8.88. The van der Waals surface area contributed by atoms with Crippen LogP contribution in [0.25, 0.3) is 32.9 Å². The topological polar surface area (TPSA) is 86.6 Å². The summed E-state index contributed by atoms with van der Waals surface area (Å²) in [5.74, 6) is 0.00843. The Morgan fingerprint density at radius 1 is 1.13 bits per heavy atom. The molecule has 0 amide bonds. The van der Waals surface area contributed by atoms with Gasteiger partial charge in [0.15, 0.2) is 5.82 Å². The summed E-state index contributed by atoms with van der Waals surface area (Å²) in [6, 6.07) is 5.95. The van der Waals surface area contributed by atoms with Gasteiger partial charge in [0.05, 0.1) is 10.9 Å². The fraction of sp³-hybridized carbons (Fsp3) is 0.514. The zero-order valence-corrected chi connectivity index (χ0v) is 26.3. The van der Waals surface area contributed by atoms with Crippen LogP contribution < -0.4 is 15.0 Å². The molecule has 5 heterocycles. The van der Waals surface area contributed by atoms with Crippen molar-refractivity contribution in [2.75, 3.05) is 44.2 Å². The minimum atomic E-state index is -0.903. The summed E-state index contributed by atoms with van der Waals surface area (Å²) in [6.45, 7) is 7.68. The Bertz CT molecular complexity index is 1840. The van der Waals surface area contributed by atoms with Gasteiger partial charge < -0.3 is 20.1 Å². The van der Waals surface area contributed by atoms with Crippen LogP contribution >= 0.6 is 0 Å². The largest absolute Gasteiger partial charge is 0.508 e. The standard InChI is InChI=1S/C35H39F3N6O2/c1-3-24-27(37)6-5-21-11-23(45)12-25(28(21)24)30-29(38)31-26(16-39-30)32(43-10-8-40-34(18-43)13-20(2)14-34)42-33(41-31)46-19-35-7-4-9-44(35)17-22(36)15-35/h5-6,11-12,16,20,22,40,45H,3-4,7-10,13-15,17-19H2,1-2H3/t20?,22-,34?,35+/m1/s1. The molecule has 8 nitrogen and oxygen atoms in total. The predicted molar refractivity (Wildman–Crippen MR) is 171 cm³/mol. The summed E-state index contributed by atoms with van der Waals surface area (Å²) in [6.07, 6.45) is 5.36. The second kappa shape index (κ2) is 10.9. The van der Waals surface area contributed by atoms with E-state index in [1.165, 1.54) is 12.1 Å². The maximum absolute atomic E-state index is 16.9. The van der Waals surface area contributed by atoms with Crippen molar-refractivity contribution in [2.24, 2.45) is 5.92 Å². The van der Waals surface area contributed by atoms with Crippen molar-refractivity contribution in [3.63, 3.8) is 0 Å². The van der Waals surface area contributed by atoms with Gasteiger partial charge in [-0.05, 0) is 79.1 Å². The Labute approximate surface area is 266 Å². The van der Waals surface area contributed by atoms with Crippen molar-refractivity contribution in [1.29, 1.82) is 0 Å². The van der Waals surface area contributed by atoms with Crippen LogP contribution in [0.4, 0.5) is 19.0 Å². The minimum Gasteiger partial charge on any atom is -0.508 e. The molecule has 11 heteroatoms. The number of alkyl halides is 1. The van der Waals surface area contributed by atoms with Crippen LogP contribution in [-0.4, -0.2) is 81.5 Å². The number of halogens is 3. The van der Waals surface area contributed by atoms with Gasteiger partial charge in [0, 0.05) is 49.9 Å². The summed E-state index contributed by atoms with van der Waals surface area (Å²) in [5.41, 5.74) is 0.282. The SMILES string of the molecule is CCc1c(F)ccc2cc(O)cc(-c3ncc4c(N5CCNC6(CC(C)C6)C5)nc(OC[C@@]56CCCN5C[C@H](F)C6)nc4c3F)c12. The van der Waals surface area contributed by atoms with Gasteiger partial charge in [-0.3, -0.25) is 9.88 Å². The molecule has 2 N–H and O–H groups in total. The molecule has 4 aromatic rings. The summed E-state index contributed by atoms with van der Waals surface area (Å²) < 4.78 is 52.7. The highest BCUT2D eigenvalue weighted by Gasteiger charge is 2.49. The average molecular weight is 633 g/mol. The number of fused-ring (bicyclic) bond motifs is 3. The molecule has 1 aliphatic carbocycles. The zero-order chi connectivity index (χ0) is 31.8. The van der Waals surface area contributed by atoms with Crippen molar-refractivity contribution in [3.05, 3.63) is 47.7 Å². The third-order valence-corrected chi connectivity index (χ3v) is 10.8. The molecule has 4 fully saturated rings. The fourth-order valence-corrected chi connectivity index (χ4v) is 8.88. The van der Waals surface area contributed by atoms with E-state index in [0.717, 1.165) is 38.8 Å². The predicted octanol–water partition coefficient (Wildman–Crippen LogP) is 5.92. The van der Waals surface area contributed by atoms with Crippen molar-refractivity contribution < 1.29 is 23.0 Å². The lowest BCUT2D eigenvalue weighted by Gasteiger charge is -2.53. The molecule has 3 aliphatic heterocycles. The number of benzene rings is 2. The van der Waals surface area contributed by atoms with Crippen LogP contribution in [0.5, 0.6) is 11.8 Å². The van der Waals surface area contributed by atoms with Gasteiger partial charge in [0.1, 0.15) is 41.4 Å². The Morgan fingerprint density at radius 2 is 1.98 bits per heavy atom. The molecule has 0 unspecified atom stereocenters. The zero-order valence-electron chi connectivity index (χ0n) is 26.3. The van der Waals surface area contributed by atoms with E-state index < -0.39 is 23.3 Å². The molecule has 2 atom stereocenters. The van der Waals surface area contributed by atoms with Crippen LogP contribution in [0.2, 0.25) is 0 Å². The maximum atomic E-state index is 16.9. The maximum Gasteiger partial charge on any atom is 0.319 e. The van der Waals surface area contributed by atoms with Crippen molar-refractivity contribution in [1.82, 2.24) is 25.2 Å². The third-order valence-electron chi connectivity index (χ3n) is 10.8. The normalized spacial score (nSPS) is 27.9. The van der Waals surface area contributed by atoms with Gasteiger partial charge in [-0.2, -0.15) is 9.97 Å². The second-order valence-corrected chi connectivity index (χ2v) is 14.0. The molecule has 8 rings (SSSR count).